The van der Waals surface area contributed by atoms with E-state index in [-0.39, 0.29) is 29.7 Å². The second-order valence-corrected chi connectivity index (χ2v) is 11.0. The Morgan fingerprint density at radius 3 is 2.62 bits per heavy atom. The molecule has 6 rings (SSSR count). The van der Waals surface area contributed by atoms with Gasteiger partial charge in [-0.15, -0.1) is 0 Å². The molecular formula is C32H26F6N6O. The lowest BCUT2D eigenvalue weighted by Gasteiger charge is -2.24. The molecule has 4 aromatic rings. The average Bonchev–Trinajstić information content (AvgIpc) is 3.65. The van der Waals surface area contributed by atoms with Crippen LogP contribution in [0.2, 0.25) is 0 Å². The minimum atomic E-state index is -3.41. The van der Waals surface area contributed by atoms with E-state index in [4.69, 9.17) is 0 Å². The van der Waals surface area contributed by atoms with Gasteiger partial charge in [0.15, 0.2) is 0 Å². The zero-order valence-electron chi connectivity index (χ0n) is 23.8. The van der Waals surface area contributed by atoms with Crippen LogP contribution in [0.4, 0.5) is 26.3 Å². The number of aromatic nitrogens is 3. The van der Waals surface area contributed by atoms with Gasteiger partial charge in [0.25, 0.3) is 12.3 Å². The van der Waals surface area contributed by atoms with E-state index in [2.05, 4.69) is 32.1 Å². The number of halogens is 6. The van der Waals surface area contributed by atoms with Crippen molar-refractivity contribution in [2.24, 2.45) is 15.9 Å². The zero-order chi connectivity index (χ0) is 32.0. The fourth-order valence-electron chi connectivity index (χ4n) is 6.21. The highest BCUT2D eigenvalue weighted by Gasteiger charge is 2.67. The molecule has 13 heteroatoms. The molecule has 2 unspecified atom stereocenters. The van der Waals surface area contributed by atoms with Crippen molar-refractivity contribution in [3.8, 4) is 0 Å². The normalized spacial score (nSPS) is 19.4. The van der Waals surface area contributed by atoms with E-state index in [1.54, 1.807) is 24.4 Å². The predicted octanol–water partition coefficient (Wildman–Crippen LogP) is 6.40. The van der Waals surface area contributed by atoms with Crippen LogP contribution in [0.5, 0.6) is 0 Å². The van der Waals surface area contributed by atoms with E-state index in [0.29, 0.717) is 27.4 Å². The minimum Gasteiger partial charge on any atom is -0.346 e. The quantitative estimate of drug-likeness (QED) is 0.164. The number of aliphatic imine (C=N–C) groups is 2. The van der Waals surface area contributed by atoms with Gasteiger partial charge in [-0.2, -0.15) is 13.9 Å². The van der Waals surface area contributed by atoms with Crippen LogP contribution in [-0.2, 0) is 23.7 Å². The molecule has 45 heavy (non-hydrogen) atoms. The van der Waals surface area contributed by atoms with E-state index in [0.717, 1.165) is 17.5 Å². The second-order valence-electron chi connectivity index (χ2n) is 11.0. The summed E-state index contributed by atoms with van der Waals surface area (Å²) in [7, 11) is 1.44. The lowest BCUT2D eigenvalue weighted by molar-refractivity contribution is -0.122. The lowest BCUT2D eigenvalue weighted by Crippen LogP contribution is -2.44. The fourth-order valence-corrected chi connectivity index (χ4v) is 6.21. The highest BCUT2D eigenvalue weighted by Crippen LogP contribution is 2.68. The molecule has 1 N–H and O–H groups in total. The Bertz CT molecular complexity index is 1860. The molecule has 232 valence electrons. The first kappa shape index (κ1) is 30.2. The molecule has 2 aromatic carbocycles. The maximum atomic E-state index is 15.1. The summed E-state index contributed by atoms with van der Waals surface area (Å²) in [6.45, 7) is 2.74. The molecule has 2 heterocycles. The van der Waals surface area contributed by atoms with Gasteiger partial charge in [0.05, 0.1) is 17.3 Å². The molecule has 0 bridgehead atoms. The summed E-state index contributed by atoms with van der Waals surface area (Å²) in [6.07, 6.45) is -0.164. The summed E-state index contributed by atoms with van der Waals surface area (Å²) < 4.78 is 86.7. The molecule has 7 nitrogen and oxygen atoms in total. The molecule has 2 aliphatic carbocycles. The van der Waals surface area contributed by atoms with E-state index in [1.165, 1.54) is 13.2 Å². The van der Waals surface area contributed by atoms with E-state index >= 15 is 8.78 Å². The number of hydrogen-bond donors (Lipinski definition) is 1. The first-order valence-electron chi connectivity index (χ1n) is 14.0. The number of pyridine rings is 1. The minimum absolute atomic E-state index is 0.0803. The second kappa shape index (κ2) is 11.6. The largest absolute Gasteiger partial charge is 0.346 e. The number of rotatable bonds is 10. The van der Waals surface area contributed by atoms with Crippen LogP contribution in [0.15, 0.2) is 70.9 Å². The van der Waals surface area contributed by atoms with Crippen molar-refractivity contribution in [3.05, 3.63) is 101 Å². The highest BCUT2D eigenvalue weighted by molar-refractivity contribution is 6.27. The molecule has 0 aliphatic heterocycles. The number of carbonyl (C=O) groups excluding carboxylic acids is 1. The number of hydrogen-bond acceptors (Lipinski definition) is 5. The smallest absolute Gasteiger partial charge is 0.293 e. The summed E-state index contributed by atoms with van der Waals surface area (Å²) in [5.74, 6) is -7.78. The van der Waals surface area contributed by atoms with Crippen LogP contribution in [-0.4, -0.2) is 46.2 Å². The van der Waals surface area contributed by atoms with Crippen LogP contribution in [0.1, 0.15) is 46.8 Å². The van der Waals surface area contributed by atoms with Gasteiger partial charge in [0.1, 0.15) is 29.6 Å². The van der Waals surface area contributed by atoms with E-state index < -0.39 is 65.7 Å². The Labute approximate surface area is 253 Å². The molecule has 0 spiro atoms. The van der Waals surface area contributed by atoms with Gasteiger partial charge in [-0.1, -0.05) is 18.2 Å². The van der Waals surface area contributed by atoms with Gasteiger partial charge >= 0.3 is 0 Å². The van der Waals surface area contributed by atoms with Crippen LogP contribution < -0.4 is 5.32 Å². The zero-order valence-corrected chi connectivity index (χ0v) is 23.8. The Balaban J connectivity index is 1.36. The fraction of sp³-hybridized carbons (Fsp3) is 0.281. The summed E-state index contributed by atoms with van der Waals surface area (Å²) in [5.41, 5.74) is 0.396. The van der Waals surface area contributed by atoms with Crippen LogP contribution in [0, 0.1) is 17.6 Å². The summed E-state index contributed by atoms with van der Waals surface area (Å²) in [4.78, 5) is 26.1. The van der Waals surface area contributed by atoms with Crippen molar-refractivity contribution in [1.82, 2.24) is 20.1 Å². The number of nitrogens with zero attached hydrogens (tertiary/aromatic N) is 5. The first-order chi connectivity index (χ1) is 21.5. The summed E-state index contributed by atoms with van der Waals surface area (Å²) in [6, 6.07) is 10.8. The number of alkyl halides is 4. The third-order valence-electron chi connectivity index (χ3n) is 8.14. The third-order valence-corrected chi connectivity index (χ3v) is 8.14. The van der Waals surface area contributed by atoms with Gasteiger partial charge in [0.2, 0.25) is 5.91 Å². The number of benzene rings is 2. The topological polar surface area (TPSA) is 84.5 Å². The molecule has 0 saturated heterocycles. The number of fused-ring (bicyclic) bond motifs is 4. The average molecular weight is 625 g/mol. The van der Waals surface area contributed by atoms with E-state index in [9.17, 15) is 22.4 Å². The van der Waals surface area contributed by atoms with E-state index in [1.807, 2.05) is 12.1 Å². The molecule has 0 radical (unpaired) electrons. The number of nitrogens with one attached hydrogen (secondary N) is 1. The highest BCUT2D eigenvalue weighted by atomic mass is 19.3. The Kier molecular flexibility index (Phi) is 7.79. The van der Waals surface area contributed by atoms with Gasteiger partial charge in [0, 0.05) is 48.0 Å². The van der Waals surface area contributed by atoms with Gasteiger partial charge < -0.3 is 5.32 Å². The Hall–Kier alpha value is -4.81. The monoisotopic (exact) mass is 624 g/mol. The Morgan fingerprint density at radius 1 is 1.18 bits per heavy atom. The SMILES string of the molecule is C=N/C=C(\C(=N/C)[C@H](Cc1cc(F)cc(F)c1)NC(=O)Cn1nc(C(F)F)c2c1C(F)(F)C1CC21)c1ccc2cccnc2c1. The van der Waals surface area contributed by atoms with Crippen molar-refractivity contribution >= 4 is 34.8 Å². The number of carbonyl (C=O) groups is 1. The van der Waals surface area contributed by atoms with Crippen molar-refractivity contribution < 1.29 is 31.1 Å². The van der Waals surface area contributed by atoms with Crippen molar-refractivity contribution in [2.75, 3.05) is 7.05 Å². The van der Waals surface area contributed by atoms with Crippen LogP contribution in [0.3, 0.4) is 0 Å². The molecule has 2 aromatic heterocycles. The molecular weight excluding hydrogens is 598 g/mol. The Morgan fingerprint density at radius 2 is 1.93 bits per heavy atom. The third kappa shape index (κ3) is 5.62. The molecule has 3 atom stereocenters. The first-order valence-corrected chi connectivity index (χ1v) is 14.0. The van der Waals surface area contributed by atoms with Crippen LogP contribution >= 0.6 is 0 Å². The van der Waals surface area contributed by atoms with Gasteiger partial charge in [-0.25, -0.2) is 17.6 Å². The van der Waals surface area contributed by atoms with Crippen molar-refractivity contribution in [2.45, 2.75) is 43.7 Å². The summed E-state index contributed by atoms with van der Waals surface area (Å²) >= 11 is 0. The van der Waals surface area contributed by atoms with Gasteiger partial charge in [-0.05, 0) is 60.9 Å². The standard InChI is InChI=1S/C32H26F6N6O/c1-39-14-22(18-6-5-17-4-3-7-41-24(17)11-18)28(40-2)25(10-16-8-19(33)12-20(34)9-16)42-26(45)15-44-30-27(29(43-44)31(35)36)21-13-23(21)32(30,37)38/h3-9,11-12,14,21,23,25,31H,1,10,13,15H2,2H3,(H,42,45)/b22-14-,40-28+/t21?,23?,25-/m0/s1. The molecule has 2 aliphatic rings. The lowest BCUT2D eigenvalue weighted by atomic mass is 9.92. The van der Waals surface area contributed by atoms with Crippen LogP contribution in [0.25, 0.3) is 16.5 Å². The predicted molar refractivity (Wildman–Crippen MR) is 157 cm³/mol. The molecule has 1 amide bonds. The van der Waals surface area contributed by atoms with Gasteiger partial charge in [-0.3, -0.25) is 24.4 Å². The summed E-state index contributed by atoms with van der Waals surface area (Å²) in [5, 5.41) is 7.28. The number of amides is 1. The maximum absolute atomic E-state index is 15.1. The maximum Gasteiger partial charge on any atom is 0.293 e. The molecule has 1 fully saturated rings. The van der Waals surface area contributed by atoms with Crippen molar-refractivity contribution in [1.29, 1.82) is 0 Å². The molecule has 1 saturated carbocycles. The van der Waals surface area contributed by atoms with Crippen molar-refractivity contribution in [3.63, 3.8) is 0 Å².